The highest BCUT2D eigenvalue weighted by atomic mass is 16.4. The minimum absolute atomic E-state index is 0.327. The number of likely N-dealkylation sites (tertiary alicyclic amines) is 2. The van der Waals surface area contributed by atoms with E-state index in [9.17, 15) is 29.4 Å². The molecule has 176 valence electrons. The van der Waals surface area contributed by atoms with Crippen LogP contribution in [0.3, 0.4) is 0 Å². The Morgan fingerprint density at radius 2 is 1.68 bits per heavy atom. The first kappa shape index (κ1) is 25.0. The third kappa shape index (κ3) is 6.14. The molecule has 0 radical (unpaired) electrons. The standard InChI is InChI=1S/C20H35N5O6/c1-12(26)16(22)17(27)23-13(6-2-3-9-21)18(28)24-10-4-7-14(24)19(29)25-11-5-8-15(25)20(30)31/h12-16,26H,2-11,21-22H2,1H3,(H,23,27)(H,30,31). The van der Waals surface area contributed by atoms with Gasteiger partial charge in [-0.2, -0.15) is 0 Å². The van der Waals surface area contributed by atoms with Gasteiger partial charge in [0.05, 0.1) is 6.10 Å². The summed E-state index contributed by atoms with van der Waals surface area (Å²) in [5, 5.41) is 21.6. The molecule has 0 saturated carbocycles. The van der Waals surface area contributed by atoms with E-state index in [1.807, 2.05) is 0 Å². The number of rotatable bonds is 10. The lowest BCUT2D eigenvalue weighted by molar-refractivity contribution is -0.152. The number of unbranched alkanes of at least 4 members (excludes halogenated alkanes) is 1. The van der Waals surface area contributed by atoms with Crippen LogP contribution in [0.1, 0.15) is 51.9 Å². The molecule has 0 aromatic carbocycles. The van der Waals surface area contributed by atoms with Crippen molar-refractivity contribution in [3.05, 3.63) is 0 Å². The molecule has 2 heterocycles. The van der Waals surface area contributed by atoms with Crippen molar-refractivity contribution in [2.75, 3.05) is 19.6 Å². The van der Waals surface area contributed by atoms with Crippen molar-refractivity contribution in [2.24, 2.45) is 11.5 Å². The first-order valence-electron chi connectivity index (χ1n) is 11.0. The van der Waals surface area contributed by atoms with Crippen LogP contribution in [-0.2, 0) is 19.2 Å². The maximum absolute atomic E-state index is 13.3. The van der Waals surface area contributed by atoms with Crippen LogP contribution < -0.4 is 16.8 Å². The summed E-state index contributed by atoms with van der Waals surface area (Å²) in [4.78, 5) is 53.0. The second-order valence-electron chi connectivity index (χ2n) is 8.33. The third-order valence-electron chi connectivity index (χ3n) is 6.03. The molecule has 7 N–H and O–H groups in total. The van der Waals surface area contributed by atoms with E-state index in [-0.39, 0.29) is 5.91 Å². The number of carboxylic acids is 1. The van der Waals surface area contributed by atoms with Crippen LogP contribution in [0.5, 0.6) is 0 Å². The van der Waals surface area contributed by atoms with Gasteiger partial charge in [-0.3, -0.25) is 14.4 Å². The van der Waals surface area contributed by atoms with Crippen molar-refractivity contribution < 1.29 is 29.4 Å². The minimum Gasteiger partial charge on any atom is -0.480 e. The molecule has 11 heteroatoms. The fraction of sp³-hybridized carbons (Fsp3) is 0.800. The number of carbonyl (C=O) groups is 4. The zero-order valence-electron chi connectivity index (χ0n) is 18.0. The van der Waals surface area contributed by atoms with Crippen molar-refractivity contribution in [2.45, 2.75) is 82.1 Å². The Labute approximate surface area is 182 Å². The number of nitrogens with one attached hydrogen (secondary N) is 1. The number of nitrogens with two attached hydrogens (primary N) is 2. The van der Waals surface area contributed by atoms with Crippen molar-refractivity contribution >= 4 is 23.7 Å². The molecule has 5 atom stereocenters. The van der Waals surface area contributed by atoms with Gasteiger partial charge in [-0.15, -0.1) is 0 Å². The van der Waals surface area contributed by atoms with E-state index in [0.717, 1.165) is 0 Å². The third-order valence-corrected chi connectivity index (χ3v) is 6.03. The van der Waals surface area contributed by atoms with E-state index in [0.29, 0.717) is 64.6 Å². The van der Waals surface area contributed by atoms with Crippen molar-refractivity contribution in [1.29, 1.82) is 0 Å². The second-order valence-corrected chi connectivity index (χ2v) is 8.33. The summed E-state index contributed by atoms with van der Waals surface area (Å²) < 4.78 is 0. The molecule has 3 amide bonds. The van der Waals surface area contributed by atoms with Crippen molar-refractivity contribution in [3.63, 3.8) is 0 Å². The second kappa shape index (κ2) is 11.4. The van der Waals surface area contributed by atoms with Gasteiger partial charge < -0.3 is 36.8 Å². The largest absolute Gasteiger partial charge is 0.480 e. The van der Waals surface area contributed by atoms with Crippen LogP contribution in [0.4, 0.5) is 0 Å². The van der Waals surface area contributed by atoms with Gasteiger partial charge in [0.15, 0.2) is 0 Å². The Kier molecular flexibility index (Phi) is 9.20. The molecule has 0 bridgehead atoms. The summed E-state index contributed by atoms with van der Waals surface area (Å²) in [5.74, 6) is -2.44. The number of carbonyl (C=O) groups excluding carboxylic acids is 3. The van der Waals surface area contributed by atoms with Crippen LogP contribution in [0.25, 0.3) is 0 Å². The Balaban J connectivity index is 2.14. The zero-order valence-corrected chi connectivity index (χ0v) is 18.0. The van der Waals surface area contributed by atoms with E-state index in [4.69, 9.17) is 11.5 Å². The Hall–Kier alpha value is -2.24. The Morgan fingerprint density at radius 3 is 2.26 bits per heavy atom. The number of amides is 3. The van der Waals surface area contributed by atoms with Gasteiger partial charge in [0, 0.05) is 13.1 Å². The average molecular weight is 442 g/mol. The van der Waals surface area contributed by atoms with Crippen LogP contribution in [0.2, 0.25) is 0 Å². The number of carboxylic acid groups (broad SMARTS) is 1. The molecule has 0 aliphatic carbocycles. The molecule has 2 rings (SSSR count). The van der Waals surface area contributed by atoms with Crippen LogP contribution in [0.15, 0.2) is 0 Å². The van der Waals surface area contributed by atoms with Gasteiger partial charge in [-0.05, 0) is 58.4 Å². The predicted molar refractivity (Wildman–Crippen MR) is 112 cm³/mol. The molecule has 31 heavy (non-hydrogen) atoms. The lowest BCUT2D eigenvalue weighted by Gasteiger charge is -2.32. The molecule has 2 fully saturated rings. The number of nitrogens with zero attached hydrogens (tertiary/aromatic N) is 2. The summed E-state index contributed by atoms with van der Waals surface area (Å²) in [6.07, 6.45) is 2.58. The highest BCUT2D eigenvalue weighted by molar-refractivity contribution is 5.94. The number of hydrogen-bond acceptors (Lipinski definition) is 7. The summed E-state index contributed by atoms with van der Waals surface area (Å²) in [6, 6.07) is -3.69. The number of aliphatic carboxylic acids is 1. The summed E-state index contributed by atoms with van der Waals surface area (Å²) in [7, 11) is 0. The average Bonchev–Trinajstić information content (AvgIpc) is 3.41. The Morgan fingerprint density at radius 1 is 1.06 bits per heavy atom. The lowest BCUT2D eigenvalue weighted by Crippen LogP contribution is -2.57. The maximum Gasteiger partial charge on any atom is 0.326 e. The van der Waals surface area contributed by atoms with Crippen LogP contribution >= 0.6 is 0 Å². The molecular weight excluding hydrogens is 406 g/mol. The molecule has 0 aromatic rings. The molecule has 2 saturated heterocycles. The van der Waals surface area contributed by atoms with Crippen LogP contribution in [0, 0.1) is 0 Å². The highest BCUT2D eigenvalue weighted by Crippen LogP contribution is 2.26. The number of aliphatic hydroxyl groups excluding tert-OH is 1. The fourth-order valence-corrected chi connectivity index (χ4v) is 4.20. The topological polar surface area (TPSA) is 179 Å². The molecule has 2 aliphatic rings. The Bertz CT molecular complexity index is 672. The van der Waals surface area contributed by atoms with Gasteiger partial charge in [-0.25, -0.2) is 4.79 Å². The normalized spacial score (nSPS) is 24.0. The quantitative estimate of drug-likeness (QED) is 0.251. The predicted octanol–water partition coefficient (Wildman–Crippen LogP) is -1.63. The molecule has 2 aliphatic heterocycles. The van der Waals surface area contributed by atoms with Crippen molar-refractivity contribution in [3.8, 4) is 0 Å². The van der Waals surface area contributed by atoms with Crippen LogP contribution in [-0.4, -0.2) is 93.6 Å². The molecule has 0 aromatic heterocycles. The maximum atomic E-state index is 13.3. The van der Waals surface area contributed by atoms with E-state index in [1.165, 1.54) is 16.7 Å². The SMILES string of the molecule is CC(O)C(N)C(=O)NC(CCCCN)C(=O)N1CCCC1C(=O)N1CCCC1C(=O)O. The van der Waals surface area contributed by atoms with Gasteiger partial charge in [0.25, 0.3) is 0 Å². The van der Waals surface area contributed by atoms with Gasteiger partial charge >= 0.3 is 5.97 Å². The van der Waals surface area contributed by atoms with Gasteiger partial charge in [0.2, 0.25) is 17.7 Å². The number of aliphatic hydroxyl groups is 1. The molecule has 5 unspecified atom stereocenters. The molecular formula is C20H35N5O6. The molecule has 0 spiro atoms. The monoisotopic (exact) mass is 441 g/mol. The zero-order chi connectivity index (χ0) is 23.1. The van der Waals surface area contributed by atoms with E-state index in [2.05, 4.69) is 5.32 Å². The van der Waals surface area contributed by atoms with E-state index < -0.39 is 48.1 Å². The molecule has 11 nitrogen and oxygen atoms in total. The minimum atomic E-state index is -1.18. The smallest absolute Gasteiger partial charge is 0.326 e. The van der Waals surface area contributed by atoms with E-state index in [1.54, 1.807) is 0 Å². The van der Waals surface area contributed by atoms with E-state index >= 15 is 0 Å². The summed E-state index contributed by atoms with van der Waals surface area (Å²) in [6.45, 7) is 2.54. The van der Waals surface area contributed by atoms with Crippen molar-refractivity contribution in [1.82, 2.24) is 15.1 Å². The summed E-state index contributed by atoms with van der Waals surface area (Å²) in [5.41, 5.74) is 11.2. The first-order chi connectivity index (χ1) is 14.7. The first-order valence-corrected chi connectivity index (χ1v) is 11.0. The summed E-state index contributed by atoms with van der Waals surface area (Å²) >= 11 is 0. The fourth-order valence-electron chi connectivity index (χ4n) is 4.20. The lowest BCUT2D eigenvalue weighted by atomic mass is 10.1. The number of hydrogen-bond donors (Lipinski definition) is 5. The van der Waals surface area contributed by atoms with Gasteiger partial charge in [-0.1, -0.05) is 0 Å². The van der Waals surface area contributed by atoms with Gasteiger partial charge in [0.1, 0.15) is 24.2 Å². The highest BCUT2D eigenvalue weighted by Gasteiger charge is 2.43.